The van der Waals surface area contributed by atoms with E-state index >= 15 is 0 Å². The number of rotatable bonds is 8. The highest BCUT2D eigenvalue weighted by Gasteiger charge is 2.25. The minimum atomic E-state index is -0.448. The summed E-state index contributed by atoms with van der Waals surface area (Å²) in [4.78, 5) is 23.5. The van der Waals surface area contributed by atoms with Gasteiger partial charge in [-0.3, -0.25) is 0 Å². The molecule has 0 radical (unpaired) electrons. The van der Waals surface area contributed by atoms with Crippen LogP contribution in [0.3, 0.4) is 0 Å². The molecular formula is C22H30FN5O3. The average Bonchev–Trinajstić information content (AvgIpc) is 2.78. The number of nitrogens with zero attached hydrogens (tertiary/aromatic N) is 3. The number of amides is 2. The second-order valence-corrected chi connectivity index (χ2v) is 7.75. The monoisotopic (exact) mass is 431 g/mol. The number of aromatic nitrogens is 2. The van der Waals surface area contributed by atoms with Gasteiger partial charge in [0, 0.05) is 18.8 Å². The van der Waals surface area contributed by atoms with Gasteiger partial charge in [0.15, 0.2) is 11.6 Å². The summed E-state index contributed by atoms with van der Waals surface area (Å²) >= 11 is 0. The van der Waals surface area contributed by atoms with E-state index in [9.17, 15) is 14.3 Å². The predicted molar refractivity (Wildman–Crippen MR) is 115 cm³/mol. The standard InChI is InChI=1S/C22H30FN5O3/c1-4-5-18(15-6-7-20(31-3)17(23)10-15)27-22(30)28-9-8-16-11-24-21(25-14(2)13-29)26-19(16)12-28/h6-7,10-11,14,18,29H,4-5,8-9,12-13H2,1-3H3,(H,27,30)(H,24,25,26). The van der Waals surface area contributed by atoms with E-state index in [-0.39, 0.29) is 30.5 Å². The van der Waals surface area contributed by atoms with Crippen LogP contribution in [0, 0.1) is 5.82 Å². The van der Waals surface area contributed by atoms with Crippen LogP contribution in [0.5, 0.6) is 5.75 Å². The third-order valence-electron chi connectivity index (χ3n) is 5.34. The summed E-state index contributed by atoms with van der Waals surface area (Å²) in [6, 6.07) is 4.10. The van der Waals surface area contributed by atoms with Gasteiger partial charge in [-0.15, -0.1) is 0 Å². The number of ether oxygens (including phenoxy) is 1. The lowest BCUT2D eigenvalue weighted by atomic mass is 10.0. The second kappa shape index (κ2) is 10.4. The Kier molecular flexibility index (Phi) is 7.62. The van der Waals surface area contributed by atoms with Crippen molar-refractivity contribution >= 4 is 12.0 Å². The quantitative estimate of drug-likeness (QED) is 0.594. The summed E-state index contributed by atoms with van der Waals surface area (Å²) in [7, 11) is 1.42. The highest BCUT2D eigenvalue weighted by molar-refractivity contribution is 5.75. The molecule has 1 aromatic carbocycles. The number of aliphatic hydroxyl groups excluding tert-OH is 1. The minimum absolute atomic E-state index is 0.0280. The van der Waals surface area contributed by atoms with Crippen molar-refractivity contribution in [2.45, 2.75) is 51.7 Å². The van der Waals surface area contributed by atoms with E-state index in [0.717, 1.165) is 17.7 Å². The zero-order valence-corrected chi connectivity index (χ0v) is 18.2. The maximum atomic E-state index is 14.2. The molecule has 1 aliphatic rings. The fraction of sp³-hybridized carbons (Fsp3) is 0.500. The van der Waals surface area contributed by atoms with Crippen molar-refractivity contribution in [3.8, 4) is 5.75 Å². The van der Waals surface area contributed by atoms with Crippen LogP contribution < -0.4 is 15.4 Å². The maximum Gasteiger partial charge on any atom is 0.318 e. The number of carbonyl (C=O) groups excluding carboxylic acids is 1. The number of nitrogens with one attached hydrogen (secondary N) is 2. The van der Waals surface area contributed by atoms with Crippen LogP contribution in [-0.2, 0) is 13.0 Å². The Balaban J connectivity index is 1.71. The summed E-state index contributed by atoms with van der Waals surface area (Å²) in [6.07, 6.45) is 3.96. The molecule has 0 bridgehead atoms. The van der Waals surface area contributed by atoms with Crippen molar-refractivity contribution < 1.29 is 19.0 Å². The molecule has 2 heterocycles. The van der Waals surface area contributed by atoms with Crippen molar-refractivity contribution in [1.82, 2.24) is 20.2 Å². The fourth-order valence-corrected chi connectivity index (χ4v) is 3.56. The van der Waals surface area contributed by atoms with Crippen molar-refractivity contribution in [1.29, 1.82) is 0 Å². The molecule has 0 aliphatic carbocycles. The van der Waals surface area contributed by atoms with Gasteiger partial charge in [0.2, 0.25) is 5.95 Å². The normalized spacial score (nSPS) is 15.1. The Hall–Kier alpha value is -2.94. The first-order valence-corrected chi connectivity index (χ1v) is 10.6. The lowest BCUT2D eigenvalue weighted by Crippen LogP contribution is -2.44. The Morgan fingerprint density at radius 3 is 2.90 bits per heavy atom. The van der Waals surface area contributed by atoms with Crippen LogP contribution in [-0.4, -0.2) is 52.3 Å². The fourth-order valence-electron chi connectivity index (χ4n) is 3.56. The zero-order valence-electron chi connectivity index (χ0n) is 18.2. The summed E-state index contributed by atoms with van der Waals surface area (Å²) in [5, 5.41) is 15.3. The van der Waals surface area contributed by atoms with Gasteiger partial charge in [-0.1, -0.05) is 19.4 Å². The molecule has 9 heteroatoms. The number of benzene rings is 1. The van der Waals surface area contributed by atoms with Gasteiger partial charge >= 0.3 is 6.03 Å². The van der Waals surface area contributed by atoms with Crippen molar-refractivity contribution in [3.63, 3.8) is 0 Å². The Morgan fingerprint density at radius 2 is 2.23 bits per heavy atom. The van der Waals surface area contributed by atoms with Crippen LogP contribution in [0.4, 0.5) is 15.1 Å². The third-order valence-corrected chi connectivity index (χ3v) is 5.34. The number of hydrogen-bond acceptors (Lipinski definition) is 6. The topological polar surface area (TPSA) is 99.6 Å². The summed E-state index contributed by atoms with van der Waals surface area (Å²) < 4.78 is 19.2. The molecule has 3 rings (SSSR count). The van der Waals surface area contributed by atoms with Gasteiger partial charge in [-0.2, -0.15) is 0 Å². The molecule has 8 nitrogen and oxygen atoms in total. The van der Waals surface area contributed by atoms with Gasteiger partial charge in [0.1, 0.15) is 0 Å². The van der Waals surface area contributed by atoms with E-state index in [4.69, 9.17) is 4.74 Å². The van der Waals surface area contributed by atoms with Crippen LogP contribution in [0.1, 0.15) is 49.6 Å². The van der Waals surface area contributed by atoms with Crippen LogP contribution in [0.15, 0.2) is 24.4 Å². The number of methoxy groups -OCH3 is 1. The van der Waals surface area contributed by atoms with Gasteiger partial charge in [0.25, 0.3) is 0 Å². The number of carbonyl (C=O) groups is 1. The molecule has 0 fully saturated rings. The molecule has 0 spiro atoms. The molecule has 1 aromatic heterocycles. The van der Waals surface area contributed by atoms with E-state index in [1.54, 1.807) is 23.2 Å². The highest BCUT2D eigenvalue weighted by atomic mass is 19.1. The van der Waals surface area contributed by atoms with Crippen molar-refractivity contribution in [3.05, 3.63) is 47.0 Å². The molecule has 2 amide bonds. The number of urea groups is 1. The summed E-state index contributed by atoms with van der Waals surface area (Å²) in [5.41, 5.74) is 2.50. The lowest BCUT2D eigenvalue weighted by Gasteiger charge is -2.30. The van der Waals surface area contributed by atoms with E-state index < -0.39 is 5.82 Å². The molecule has 0 saturated heterocycles. The molecule has 0 saturated carbocycles. The molecule has 3 N–H and O–H groups in total. The largest absolute Gasteiger partial charge is 0.494 e. The van der Waals surface area contributed by atoms with Gasteiger partial charge in [-0.05, 0) is 43.0 Å². The summed E-state index contributed by atoms with van der Waals surface area (Å²) in [5.74, 6) is 0.161. The molecule has 2 atom stereocenters. The number of hydrogen-bond donors (Lipinski definition) is 3. The zero-order chi connectivity index (χ0) is 22.4. The van der Waals surface area contributed by atoms with E-state index in [1.165, 1.54) is 13.2 Å². The molecule has 31 heavy (non-hydrogen) atoms. The molecule has 168 valence electrons. The maximum absolute atomic E-state index is 14.2. The summed E-state index contributed by atoms with van der Waals surface area (Å²) in [6.45, 7) is 4.74. The first-order chi connectivity index (χ1) is 14.9. The average molecular weight is 432 g/mol. The van der Waals surface area contributed by atoms with E-state index in [1.807, 2.05) is 13.8 Å². The molecule has 2 aromatic rings. The van der Waals surface area contributed by atoms with Crippen molar-refractivity contribution in [2.24, 2.45) is 0 Å². The smallest absolute Gasteiger partial charge is 0.318 e. The predicted octanol–water partition coefficient (Wildman–Crippen LogP) is 3.03. The highest BCUT2D eigenvalue weighted by Crippen LogP contribution is 2.25. The first kappa shape index (κ1) is 22.7. The third kappa shape index (κ3) is 5.61. The van der Waals surface area contributed by atoms with Crippen LogP contribution in [0.2, 0.25) is 0 Å². The van der Waals surface area contributed by atoms with Gasteiger partial charge < -0.3 is 25.4 Å². The van der Waals surface area contributed by atoms with Gasteiger partial charge in [-0.25, -0.2) is 19.2 Å². The van der Waals surface area contributed by atoms with Crippen LogP contribution >= 0.6 is 0 Å². The lowest BCUT2D eigenvalue weighted by molar-refractivity contribution is 0.186. The Morgan fingerprint density at radius 1 is 1.42 bits per heavy atom. The minimum Gasteiger partial charge on any atom is -0.494 e. The Labute approximate surface area is 181 Å². The van der Waals surface area contributed by atoms with E-state index in [2.05, 4.69) is 20.6 Å². The van der Waals surface area contributed by atoms with E-state index in [0.29, 0.717) is 37.4 Å². The molecule has 1 aliphatic heterocycles. The molecule has 2 unspecified atom stereocenters. The number of aliphatic hydroxyl groups is 1. The Bertz CT molecular complexity index is 911. The van der Waals surface area contributed by atoms with Crippen molar-refractivity contribution in [2.75, 3.05) is 25.6 Å². The van der Waals surface area contributed by atoms with Gasteiger partial charge in [0.05, 0.1) is 32.0 Å². The number of anilines is 1. The second-order valence-electron chi connectivity index (χ2n) is 7.75. The number of fused-ring (bicyclic) bond motifs is 1. The number of halogens is 1. The molecular weight excluding hydrogens is 401 g/mol. The van der Waals surface area contributed by atoms with Crippen LogP contribution in [0.25, 0.3) is 0 Å². The first-order valence-electron chi connectivity index (χ1n) is 10.6. The SMILES string of the molecule is CCCC(NC(=O)N1CCc2cnc(NC(C)CO)nc2C1)c1ccc(OC)c(F)c1.